The van der Waals surface area contributed by atoms with Crippen LogP contribution in [0.3, 0.4) is 0 Å². The fourth-order valence-electron chi connectivity index (χ4n) is 2.02. The van der Waals surface area contributed by atoms with Crippen LogP contribution in [-0.4, -0.2) is 23.9 Å². The molecule has 2 N–H and O–H groups in total. The highest BCUT2D eigenvalue weighted by Crippen LogP contribution is 2.26. The van der Waals surface area contributed by atoms with Crippen LogP contribution in [0.25, 0.3) is 0 Å². The van der Waals surface area contributed by atoms with E-state index < -0.39 is 4.92 Å². The number of nitrogens with one attached hydrogen (secondary N) is 2. The number of aryl methyl sites for hydroxylation is 2. The number of nitro benzene ring substituents is 1. The lowest BCUT2D eigenvalue weighted by Crippen LogP contribution is -2.36. The van der Waals surface area contributed by atoms with Crippen LogP contribution < -0.4 is 10.6 Å². The summed E-state index contributed by atoms with van der Waals surface area (Å²) in [6, 6.07) is 3.13. The summed E-state index contributed by atoms with van der Waals surface area (Å²) in [7, 11) is 0. The normalized spacial score (nSPS) is 13.7. The minimum absolute atomic E-state index is 0.0683. The first-order valence-corrected chi connectivity index (χ1v) is 6.36. The van der Waals surface area contributed by atoms with Gasteiger partial charge in [0.2, 0.25) is 0 Å². The predicted molar refractivity (Wildman–Crippen MR) is 76.8 cm³/mol. The highest BCUT2D eigenvalue weighted by atomic mass is 16.6. The second kappa shape index (κ2) is 5.42. The molecule has 6 heteroatoms. The molecule has 1 aromatic carbocycles. The van der Waals surface area contributed by atoms with Gasteiger partial charge in [0.1, 0.15) is 0 Å². The maximum atomic E-state index is 12.1. The zero-order chi connectivity index (χ0) is 14.9. The van der Waals surface area contributed by atoms with E-state index in [2.05, 4.69) is 10.6 Å². The first-order valence-electron chi connectivity index (χ1n) is 6.36. The summed E-state index contributed by atoms with van der Waals surface area (Å²) >= 11 is 0. The number of nitro groups is 1. The molecule has 0 aromatic heterocycles. The Bertz CT molecular complexity index is 614. The molecule has 0 unspecified atom stereocenters. The SMILES string of the molecule is CC(C(=O)Nc1cc(C)c([N+](=O)[O-])cc1C)=C1CNC1. The Kier molecular flexibility index (Phi) is 3.85. The largest absolute Gasteiger partial charge is 0.322 e. The van der Waals surface area contributed by atoms with E-state index in [4.69, 9.17) is 0 Å². The molecule has 1 heterocycles. The third kappa shape index (κ3) is 2.70. The Morgan fingerprint density at radius 1 is 1.30 bits per heavy atom. The zero-order valence-electron chi connectivity index (χ0n) is 11.7. The summed E-state index contributed by atoms with van der Waals surface area (Å²) in [6.45, 7) is 6.69. The molecule has 106 valence electrons. The molecule has 0 spiro atoms. The van der Waals surface area contributed by atoms with Gasteiger partial charge in [-0.25, -0.2) is 0 Å². The van der Waals surface area contributed by atoms with Gasteiger partial charge in [0.05, 0.1) is 4.92 Å². The average Bonchev–Trinajstić information content (AvgIpc) is 2.30. The Morgan fingerprint density at radius 2 is 1.95 bits per heavy atom. The first kappa shape index (κ1) is 14.2. The van der Waals surface area contributed by atoms with Crippen molar-refractivity contribution >= 4 is 17.3 Å². The van der Waals surface area contributed by atoms with Crippen LogP contribution in [-0.2, 0) is 4.79 Å². The molecule has 0 aliphatic carbocycles. The summed E-state index contributed by atoms with van der Waals surface area (Å²) < 4.78 is 0. The number of carbonyl (C=O) groups excluding carboxylic acids is 1. The maximum Gasteiger partial charge on any atom is 0.272 e. The Morgan fingerprint density at radius 3 is 2.45 bits per heavy atom. The molecule has 0 atom stereocenters. The van der Waals surface area contributed by atoms with Gasteiger partial charge in [-0.1, -0.05) is 0 Å². The summed E-state index contributed by atoms with van der Waals surface area (Å²) in [5.74, 6) is -0.155. The summed E-state index contributed by atoms with van der Waals surface area (Å²) in [4.78, 5) is 22.5. The van der Waals surface area contributed by atoms with Crippen molar-refractivity contribution in [3.05, 3.63) is 44.5 Å². The summed E-state index contributed by atoms with van der Waals surface area (Å²) in [5, 5.41) is 16.8. The number of hydrogen-bond acceptors (Lipinski definition) is 4. The van der Waals surface area contributed by atoms with E-state index in [0.717, 1.165) is 18.7 Å². The Labute approximate surface area is 117 Å². The Hall–Kier alpha value is -2.21. The number of benzene rings is 1. The lowest BCUT2D eigenvalue weighted by Gasteiger charge is -2.21. The lowest BCUT2D eigenvalue weighted by atomic mass is 10.0. The van der Waals surface area contributed by atoms with Crippen molar-refractivity contribution in [3.63, 3.8) is 0 Å². The van der Waals surface area contributed by atoms with Crippen molar-refractivity contribution in [3.8, 4) is 0 Å². The van der Waals surface area contributed by atoms with E-state index >= 15 is 0 Å². The smallest absolute Gasteiger partial charge is 0.272 e. The number of hydrogen-bond donors (Lipinski definition) is 2. The minimum Gasteiger partial charge on any atom is -0.322 e. The molecule has 1 fully saturated rings. The second-order valence-electron chi connectivity index (χ2n) is 5.00. The van der Waals surface area contributed by atoms with Crippen LogP contribution in [0, 0.1) is 24.0 Å². The molecule has 1 saturated heterocycles. The van der Waals surface area contributed by atoms with Gasteiger partial charge < -0.3 is 10.6 Å². The standard InChI is InChI=1S/C14H17N3O3/c1-8-5-13(17(19)20)9(2)4-12(8)16-14(18)10(3)11-6-15-7-11/h4-5,15H,6-7H2,1-3H3,(H,16,18). The molecule has 20 heavy (non-hydrogen) atoms. The van der Waals surface area contributed by atoms with E-state index in [1.54, 1.807) is 26.8 Å². The van der Waals surface area contributed by atoms with E-state index in [1.165, 1.54) is 6.07 Å². The van der Waals surface area contributed by atoms with Crippen LogP contribution in [0.5, 0.6) is 0 Å². The second-order valence-corrected chi connectivity index (χ2v) is 5.00. The quantitative estimate of drug-likeness (QED) is 0.502. The van der Waals surface area contributed by atoms with Crippen molar-refractivity contribution in [2.24, 2.45) is 0 Å². The van der Waals surface area contributed by atoms with Crippen molar-refractivity contribution < 1.29 is 9.72 Å². The third-order valence-electron chi connectivity index (χ3n) is 3.54. The molecule has 1 aliphatic heterocycles. The van der Waals surface area contributed by atoms with Gasteiger partial charge in [0.15, 0.2) is 0 Å². The molecule has 1 amide bonds. The topological polar surface area (TPSA) is 84.3 Å². The highest BCUT2D eigenvalue weighted by Gasteiger charge is 2.18. The molecule has 2 rings (SSSR count). The third-order valence-corrected chi connectivity index (χ3v) is 3.54. The lowest BCUT2D eigenvalue weighted by molar-refractivity contribution is -0.385. The van der Waals surface area contributed by atoms with E-state index in [9.17, 15) is 14.9 Å². The predicted octanol–water partition coefficient (Wildman–Crippen LogP) is 2.07. The molecule has 0 bridgehead atoms. The van der Waals surface area contributed by atoms with Crippen LogP contribution in [0.15, 0.2) is 23.3 Å². The number of nitrogens with zero attached hydrogens (tertiary/aromatic N) is 1. The molecule has 1 aromatic rings. The van der Waals surface area contributed by atoms with Gasteiger partial charge in [-0.05, 0) is 38.0 Å². The fraction of sp³-hybridized carbons (Fsp3) is 0.357. The summed E-state index contributed by atoms with van der Waals surface area (Å²) in [6.07, 6.45) is 0. The van der Waals surface area contributed by atoms with Gasteiger partial charge in [-0.2, -0.15) is 0 Å². The first-order chi connectivity index (χ1) is 9.40. The number of anilines is 1. The molecule has 1 aliphatic rings. The molecular formula is C14H17N3O3. The number of carbonyl (C=O) groups is 1. The highest BCUT2D eigenvalue weighted by molar-refractivity contribution is 6.04. The maximum absolute atomic E-state index is 12.1. The summed E-state index contributed by atoms with van der Waals surface area (Å²) in [5.41, 5.74) is 3.70. The number of amides is 1. The molecule has 0 radical (unpaired) electrons. The van der Waals surface area contributed by atoms with E-state index in [1.807, 2.05) is 0 Å². The minimum atomic E-state index is -0.415. The van der Waals surface area contributed by atoms with Gasteiger partial charge >= 0.3 is 0 Å². The van der Waals surface area contributed by atoms with E-state index in [0.29, 0.717) is 22.4 Å². The molecule has 0 saturated carbocycles. The van der Waals surface area contributed by atoms with Gasteiger partial charge in [-0.3, -0.25) is 14.9 Å². The van der Waals surface area contributed by atoms with Gasteiger partial charge in [0.25, 0.3) is 11.6 Å². The van der Waals surface area contributed by atoms with Crippen LogP contribution >= 0.6 is 0 Å². The molecule has 6 nitrogen and oxygen atoms in total. The van der Waals surface area contributed by atoms with Crippen LogP contribution in [0.2, 0.25) is 0 Å². The van der Waals surface area contributed by atoms with Crippen LogP contribution in [0.4, 0.5) is 11.4 Å². The van der Waals surface area contributed by atoms with Crippen molar-refractivity contribution in [2.45, 2.75) is 20.8 Å². The molecular weight excluding hydrogens is 258 g/mol. The average molecular weight is 275 g/mol. The van der Waals surface area contributed by atoms with E-state index in [-0.39, 0.29) is 11.6 Å². The fourth-order valence-corrected chi connectivity index (χ4v) is 2.02. The zero-order valence-corrected chi connectivity index (χ0v) is 11.7. The van der Waals surface area contributed by atoms with Crippen molar-refractivity contribution in [1.82, 2.24) is 5.32 Å². The number of rotatable bonds is 3. The van der Waals surface area contributed by atoms with Crippen LogP contribution in [0.1, 0.15) is 18.1 Å². The Balaban J connectivity index is 2.24. The monoisotopic (exact) mass is 275 g/mol. The van der Waals surface area contributed by atoms with Crippen molar-refractivity contribution in [1.29, 1.82) is 0 Å². The van der Waals surface area contributed by atoms with Gasteiger partial charge in [0, 0.05) is 36.0 Å². The van der Waals surface area contributed by atoms with Gasteiger partial charge in [-0.15, -0.1) is 0 Å². The van der Waals surface area contributed by atoms with Crippen molar-refractivity contribution in [2.75, 3.05) is 18.4 Å².